The van der Waals surface area contributed by atoms with E-state index < -0.39 is 10.0 Å². The van der Waals surface area contributed by atoms with E-state index in [-0.39, 0.29) is 10.6 Å². The third-order valence-electron chi connectivity index (χ3n) is 3.03. The molecule has 0 aliphatic heterocycles. The number of para-hydroxylation sites is 1. The summed E-state index contributed by atoms with van der Waals surface area (Å²) in [7, 11) is -3.81. The maximum Gasteiger partial charge on any atom is 0.262 e. The summed E-state index contributed by atoms with van der Waals surface area (Å²) in [6, 6.07) is 12.9. The van der Waals surface area contributed by atoms with Crippen molar-refractivity contribution in [3.05, 3.63) is 47.5 Å². The van der Waals surface area contributed by atoms with Gasteiger partial charge in [0.05, 0.1) is 27.4 Å². The summed E-state index contributed by atoms with van der Waals surface area (Å²) in [6.45, 7) is 0. The first-order chi connectivity index (χ1) is 11.5. The van der Waals surface area contributed by atoms with Gasteiger partial charge in [0, 0.05) is 0 Å². The van der Waals surface area contributed by atoms with Gasteiger partial charge in [-0.3, -0.25) is 4.72 Å². The molecular weight excluding hydrogens is 370 g/mol. The summed E-state index contributed by atoms with van der Waals surface area (Å²) in [4.78, 5) is 4.22. The molecule has 0 bridgehead atoms. The van der Waals surface area contributed by atoms with Gasteiger partial charge < -0.3 is 4.42 Å². The quantitative estimate of drug-likeness (QED) is 0.675. The summed E-state index contributed by atoms with van der Waals surface area (Å²) >= 11 is 7.12. The molecule has 3 aromatic rings. The normalized spacial score (nSPS) is 11.3. The number of sulfonamides is 1. The lowest BCUT2D eigenvalue weighted by Crippen LogP contribution is -2.13. The minimum absolute atomic E-state index is 0.0417. The fourth-order valence-corrected chi connectivity index (χ4v) is 3.79. The van der Waals surface area contributed by atoms with Crippen LogP contribution in [0.4, 0.5) is 5.69 Å². The highest BCUT2D eigenvalue weighted by Gasteiger charge is 2.18. The molecular formula is C15H10ClN3O3S2. The Morgan fingerprint density at radius 3 is 2.83 bits per heavy atom. The molecule has 3 rings (SSSR count). The van der Waals surface area contributed by atoms with Crippen LogP contribution in [-0.4, -0.2) is 19.2 Å². The molecule has 122 valence electrons. The first-order valence-electron chi connectivity index (χ1n) is 6.67. The number of hydrogen-bond acceptors (Lipinski definition) is 6. The molecule has 0 unspecified atom stereocenters. The van der Waals surface area contributed by atoms with Crippen molar-refractivity contribution in [3.8, 4) is 6.07 Å². The van der Waals surface area contributed by atoms with Crippen LogP contribution in [0.25, 0.3) is 11.1 Å². The molecule has 0 saturated carbocycles. The van der Waals surface area contributed by atoms with E-state index in [1.807, 2.05) is 6.07 Å². The average molecular weight is 380 g/mol. The van der Waals surface area contributed by atoms with Crippen LogP contribution in [0.15, 0.2) is 57.0 Å². The molecule has 0 aliphatic rings. The summed E-state index contributed by atoms with van der Waals surface area (Å²) < 4.78 is 32.9. The summed E-state index contributed by atoms with van der Waals surface area (Å²) in [6.07, 6.45) is 0. The number of nitrogens with one attached hydrogen (secondary N) is 1. The van der Waals surface area contributed by atoms with E-state index in [0.717, 1.165) is 11.8 Å². The fourth-order valence-electron chi connectivity index (χ4n) is 1.96. The Balaban J connectivity index is 1.93. The highest BCUT2D eigenvalue weighted by atomic mass is 35.5. The zero-order valence-corrected chi connectivity index (χ0v) is 14.5. The van der Waals surface area contributed by atoms with E-state index in [4.69, 9.17) is 21.3 Å². The van der Waals surface area contributed by atoms with Gasteiger partial charge in [0.15, 0.2) is 5.58 Å². The first kappa shape index (κ1) is 16.6. The average Bonchev–Trinajstić information content (AvgIpc) is 2.97. The molecule has 0 spiro atoms. The molecule has 0 radical (unpaired) electrons. The van der Waals surface area contributed by atoms with Gasteiger partial charge in [-0.05, 0) is 30.3 Å². The molecule has 9 heteroatoms. The number of thioether (sulfide) groups is 1. The smallest absolute Gasteiger partial charge is 0.262 e. The van der Waals surface area contributed by atoms with Crippen LogP contribution in [-0.2, 0) is 10.0 Å². The third kappa shape index (κ3) is 3.48. The lowest BCUT2D eigenvalue weighted by Gasteiger charge is -2.09. The highest BCUT2D eigenvalue weighted by molar-refractivity contribution is 7.99. The molecule has 1 heterocycles. The largest absolute Gasteiger partial charge is 0.431 e. The van der Waals surface area contributed by atoms with Gasteiger partial charge >= 0.3 is 0 Å². The van der Waals surface area contributed by atoms with Gasteiger partial charge in [0.25, 0.3) is 15.2 Å². The zero-order chi connectivity index (χ0) is 17.2. The highest BCUT2D eigenvalue weighted by Crippen LogP contribution is 2.27. The van der Waals surface area contributed by atoms with Crippen molar-refractivity contribution in [1.29, 1.82) is 5.26 Å². The van der Waals surface area contributed by atoms with Crippen LogP contribution in [0.3, 0.4) is 0 Å². The Morgan fingerprint density at radius 1 is 1.29 bits per heavy atom. The number of nitriles is 1. The Labute approximate surface area is 147 Å². The number of halogens is 1. The molecule has 2 aromatic carbocycles. The van der Waals surface area contributed by atoms with Crippen molar-refractivity contribution in [3.63, 3.8) is 0 Å². The summed E-state index contributed by atoms with van der Waals surface area (Å²) in [5, 5.41) is 9.20. The second-order valence-electron chi connectivity index (χ2n) is 4.64. The first-order valence-corrected chi connectivity index (χ1v) is 9.52. The van der Waals surface area contributed by atoms with Gasteiger partial charge in [-0.25, -0.2) is 13.4 Å². The predicted molar refractivity (Wildman–Crippen MR) is 92.6 cm³/mol. The molecule has 0 saturated heterocycles. The van der Waals surface area contributed by atoms with Gasteiger partial charge in [0.1, 0.15) is 5.52 Å². The SMILES string of the molecule is N#CCSc1nc2cc(S(=O)(=O)Nc3ccccc3Cl)ccc2o1. The van der Waals surface area contributed by atoms with Crippen LogP contribution in [0.1, 0.15) is 0 Å². The second-order valence-corrected chi connectivity index (χ2v) is 7.66. The number of benzene rings is 2. The maximum atomic E-state index is 12.5. The van der Waals surface area contributed by atoms with Crippen LogP contribution in [0.2, 0.25) is 5.02 Å². The molecule has 0 aliphatic carbocycles. The standard InChI is InChI=1S/C15H10ClN3O3S2/c16-11-3-1-2-4-12(11)19-24(20,21)10-5-6-14-13(9-10)18-15(22-14)23-8-7-17/h1-6,9,19H,8H2. The van der Waals surface area contributed by atoms with E-state index >= 15 is 0 Å². The molecule has 0 atom stereocenters. The van der Waals surface area contributed by atoms with E-state index in [1.165, 1.54) is 18.2 Å². The van der Waals surface area contributed by atoms with Crippen LogP contribution in [0, 0.1) is 11.3 Å². The fraction of sp³-hybridized carbons (Fsp3) is 0.0667. The molecule has 1 aromatic heterocycles. The lowest BCUT2D eigenvalue weighted by molar-refractivity contribution is 0.490. The second kappa shape index (κ2) is 6.73. The number of aromatic nitrogens is 1. The van der Waals surface area contributed by atoms with Crippen LogP contribution >= 0.6 is 23.4 Å². The minimum atomic E-state index is -3.81. The Kier molecular flexibility index (Phi) is 4.66. The summed E-state index contributed by atoms with van der Waals surface area (Å²) in [5.74, 6) is 0.200. The minimum Gasteiger partial charge on any atom is -0.431 e. The van der Waals surface area contributed by atoms with Crippen molar-refractivity contribution in [2.75, 3.05) is 10.5 Å². The lowest BCUT2D eigenvalue weighted by atomic mass is 10.3. The van der Waals surface area contributed by atoms with Crippen LogP contribution < -0.4 is 4.72 Å². The van der Waals surface area contributed by atoms with Crippen molar-refractivity contribution < 1.29 is 12.8 Å². The van der Waals surface area contributed by atoms with Gasteiger partial charge in [-0.15, -0.1) is 0 Å². The van der Waals surface area contributed by atoms with Gasteiger partial charge in [0.2, 0.25) is 0 Å². The number of anilines is 1. The van der Waals surface area contributed by atoms with E-state index in [9.17, 15) is 8.42 Å². The molecule has 0 amide bonds. The molecule has 1 N–H and O–H groups in total. The number of oxazole rings is 1. The molecule has 0 fully saturated rings. The number of hydrogen-bond donors (Lipinski definition) is 1. The monoisotopic (exact) mass is 379 g/mol. The van der Waals surface area contributed by atoms with Crippen LogP contribution in [0.5, 0.6) is 0 Å². The third-order valence-corrected chi connectivity index (χ3v) is 5.42. The van der Waals surface area contributed by atoms with Crippen molar-refractivity contribution >= 4 is 50.2 Å². The zero-order valence-electron chi connectivity index (χ0n) is 12.1. The number of fused-ring (bicyclic) bond motifs is 1. The van der Waals surface area contributed by atoms with E-state index in [0.29, 0.717) is 27.0 Å². The Bertz CT molecular complexity index is 1040. The number of rotatable bonds is 5. The topological polar surface area (TPSA) is 96.0 Å². The Morgan fingerprint density at radius 2 is 2.08 bits per heavy atom. The predicted octanol–water partition coefficient (Wildman–Crippen LogP) is 3.90. The van der Waals surface area contributed by atoms with Crippen molar-refractivity contribution in [2.45, 2.75) is 10.1 Å². The van der Waals surface area contributed by atoms with E-state index in [1.54, 1.807) is 24.3 Å². The molecule has 24 heavy (non-hydrogen) atoms. The Hall–Kier alpha value is -2.21. The van der Waals surface area contributed by atoms with Crippen molar-refractivity contribution in [2.24, 2.45) is 0 Å². The maximum absolute atomic E-state index is 12.5. The van der Waals surface area contributed by atoms with Gasteiger partial charge in [-0.1, -0.05) is 35.5 Å². The van der Waals surface area contributed by atoms with Crippen molar-refractivity contribution in [1.82, 2.24) is 4.98 Å². The van der Waals surface area contributed by atoms with E-state index in [2.05, 4.69) is 9.71 Å². The summed E-state index contributed by atoms with van der Waals surface area (Å²) in [5.41, 5.74) is 1.15. The number of nitrogens with zero attached hydrogens (tertiary/aromatic N) is 2. The molecule has 6 nitrogen and oxygen atoms in total. The van der Waals surface area contributed by atoms with Gasteiger partial charge in [-0.2, -0.15) is 5.26 Å².